The monoisotopic (exact) mass is 367 g/mol. The molecular formula is C19H21N5OS. The van der Waals surface area contributed by atoms with Crippen molar-refractivity contribution in [2.45, 2.75) is 44.5 Å². The van der Waals surface area contributed by atoms with E-state index in [1.807, 2.05) is 50.8 Å². The van der Waals surface area contributed by atoms with Gasteiger partial charge in [0.05, 0.1) is 5.25 Å². The van der Waals surface area contributed by atoms with Crippen LogP contribution in [0.2, 0.25) is 0 Å². The molecule has 0 saturated heterocycles. The molecule has 1 unspecified atom stereocenters. The zero-order valence-electron chi connectivity index (χ0n) is 15.4. The summed E-state index contributed by atoms with van der Waals surface area (Å²) in [4.78, 5) is 23.8. The molecule has 3 heterocycles. The average molecular weight is 367 g/mol. The van der Waals surface area contributed by atoms with E-state index >= 15 is 0 Å². The number of carbonyl (C=O) groups is 1. The average Bonchev–Trinajstić information content (AvgIpc) is 3.23. The van der Waals surface area contributed by atoms with Gasteiger partial charge in [0, 0.05) is 23.6 Å². The fraction of sp³-hybridized carbons (Fsp3) is 0.368. The second-order valence-electron chi connectivity index (χ2n) is 6.64. The van der Waals surface area contributed by atoms with E-state index in [0.29, 0.717) is 10.9 Å². The number of thioether (sulfide) groups is 1. The predicted octanol–water partition coefficient (Wildman–Crippen LogP) is 3.12. The van der Waals surface area contributed by atoms with Crippen molar-refractivity contribution in [1.29, 1.82) is 0 Å². The summed E-state index contributed by atoms with van der Waals surface area (Å²) in [5, 5.41) is 4.86. The lowest BCUT2D eigenvalue weighted by Gasteiger charge is -2.20. The highest BCUT2D eigenvalue weighted by atomic mass is 32.2. The van der Waals surface area contributed by atoms with Gasteiger partial charge in [-0.15, -0.1) is 5.10 Å². The number of nitrogens with zero attached hydrogens (tertiary/aromatic N) is 5. The van der Waals surface area contributed by atoms with Crippen molar-refractivity contribution in [2.24, 2.45) is 0 Å². The third-order valence-electron chi connectivity index (χ3n) is 5.02. The molecule has 1 aliphatic heterocycles. The summed E-state index contributed by atoms with van der Waals surface area (Å²) in [5.74, 6) is 0.676. The number of fused-ring (bicyclic) bond motifs is 2. The summed E-state index contributed by atoms with van der Waals surface area (Å²) < 4.78 is 1.76. The van der Waals surface area contributed by atoms with Crippen LogP contribution in [0.5, 0.6) is 0 Å². The molecule has 1 amide bonds. The van der Waals surface area contributed by atoms with Gasteiger partial charge in [-0.1, -0.05) is 30.0 Å². The van der Waals surface area contributed by atoms with Gasteiger partial charge < -0.3 is 4.90 Å². The van der Waals surface area contributed by atoms with Crippen LogP contribution >= 0.6 is 11.8 Å². The Morgan fingerprint density at radius 2 is 1.96 bits per heavy atom. The third-order valence-corrected chi connectivity index (χ3v) is 5.96. The summed E-state index contributed by atoms with van der Waals surface area (Å²) in [5.41, 5.74) is 5.35. The zero-order chi connectivity index (χ0) is 18.4. The molecule has 0 spiro atoms. The van der Waals surface area contributed by atoms with E-state index in [-0.39, 0.29) is 11.2 Å². The van der Waals surface area contributed by atoms with Crippen LogP contribution in [0.3, 0.4) is 0 Å². The number of amides is 1. The number of hydrogen-bond donors (Lipinski definition) is 0. The molecule has 0 fully saturated rings. The Morgan fingerprint density at radius 1 is 1.19 bits per heavy atom. The lowest BCUT2D eigenvalue weighted by Crippen LogP contribution is -2.35. The molecule has 3 aromatic rings. The van der Waals surface area contributed by atoms with Crippen LogP contribution in [0.25, 0.3) is 5.78 Å². The molecule has 6 nitrogen and oxygen atoms in total. The van der Waals surface area contributed by atoms with Gasteiger partial charge in [0.2, 0.25) is 11.1 Å². The first-order valence-electron chi connectivity index (χ1n) is 8.72. The summed E-state index contributed by atoms with van der Waals surface area (Å²) in [6, 6.07) is 8.10. The van der Waals surface area contributed by atoms with Gasteiger partial charge in [-0.2, -0.15) is 4.98 Å². The number of aryl methyl sites for hydroxylation is 2. The Bertz CT molecular complexity index is 1010. The highest BCUT2D eigenvalue weighted by Gasteiger charge is 2.29. The number of benzene rings is 1. The van der Waals surface area contributed by atoms with E-state index in [1.54, 1.807) is 4.52 Å². The molecule has 0 saturated carbocycles. The minimum Gasteiger partial charge on any atom is -0.311 e. The molecule has 1 aliphatic rings. The third kappa shape index (κ3) is 2.76. The molecule has 0 radical (unpaired) electrons. The fourth-order valence-corrected chi connectivity index (χ4v) is 4.09. The molecule has 1 aromatic carbocycles. The molecule has 0 aliphatic carbocycles. The van der Waals surface area contributed by atoms with E-state index in [2.05, 4.69) is 21.1 Å². The zero-order valence-corrected chi connectivity index (χ0v) is 16.2. The van der Waals surface area contributed by atoms with Gasteiger partial charge in [0.25, 0.3) is 5.78 Å². The Morgan fingerprint density at radius 3 is 2.77 bits per heavy atom. The fourth-order valence-electron chi connectivity index (χ4n) is 3.28. The first-order chi connectivity index (χ1) is 12.5. The molecule has 0 bridgehead atoms. The Hall–Kier alpha value is -2.41. The Balaban J connectivity index is 1.57. The van der Waals surface area contributed by atoms with E-state index in [4.69, 9.17) is 0 Å². The maximum atomic E-state index is 12.9. The van der Waals surface area contributed by atoms with Gasteiger partial charge in [-0.3, -0.25) is 4.79 Å². The lowest BCUT2D eigenvalue weighted by atomic mass is 10.2. The molecule has 0 N–H and O–H groups in total. The van der Waals surface area contributed by atoms with Gasteiger partial charge in [-0.05, 0) is 51.3 Å². The highest BCUT2D eigenvalue weighted by Crippen LogP contribution is 2.31. The summed E-state index contributed by atoms with van der Waals surface area (Å²) >= 11 is 1.39. The van der Waals surface area contributed by atoms with Crippen LogP contribution in [0.15, 0.2) is 29.4 Å². The van der Waals surface area contributed by atoms with Crippen LogP contribution < -0.4 is 4.90 Å². The molecular weight excluding hydrogens is 346 g/mol. The standard InChI is InChI=1S/C19H21N5OS/c1-11-12(2)20-18-21-19(22-24(18)13(11)3)26-14(4)17(25)23-10-9-15-7-5-6-8-16(15)23/h5-8,14H,9-10H2,1-4H3. The number of carbonyl (C=O) groups excluding carboxylic acids is 1. The first-order valence-corrected chi connectivity index (χ1v) is 9.60. The van der Waals surface area contributed by atoms with Gasteiger partial charge in [-0.25, -0.2) is 9.50 Å². The van der Waals surface area contributed by atoms with Gasteiger partial charge >= 0.3 is 0 Å². The number of aromatic nitrogens is 4. The largest absolute Gasteiger partial charge is 0.311 e. The van der Waals surface area contributed by atoms with Gasteiger partial charge in [0.1, 0.15) is 0 Å². The minimum atomic E-state index is -0.263. The molecule has 2 aromatic heterocycles. The van der Waals surface area contributed by atoms with Crippen molar-refractivity contribution in [3.05, 3.63) is 46.8 Å². The second kappa shape index (κ2) is 6.39. The molecule has 134 valence electrons. The number of hydrogen-bond acceptors (Lipinski definition) is 5. The van der Waals surface area contributed by atoms with Gasteiger partial charge in [0.15, 0.2) is 0 Å². The Kier molecular flexibility index (Phi) is 4.19. The highest BCUT2D eigenvalue weighted by molar-refractivity contribution is 8.00. The lowest BCUT2D eigenvalue weighted by molar-refractivity contribution is -0.117. The predicted molar refractivity (Wildman–Crippen MR) is 103 cm³/mol. The molecule has 4 rings (SSSR count). The Labute approximate surface area is 156 Å². The second-order valence-corrected chi connectivity index (χ2v) is 7.95. The quantitative estimate of drug-likeness (QED) is 0.666. The van der Waals surface area contributed by atoms with E-state index < -0.39 is 0 Å². The van der Waals surface area contributed by atoms with E-state index in [0.717, 1.165) is 35.6 Å². The molecule has 26 heavy (non-hydrogen) atoms. The number of para-hydroxylation sites is 1. The first kappa shape index (κ1) is 17.0. The molecule has 1 atom stereocenters. The maximum absolute atomic E-state index is 12.9. The van der Waals surface area contributed by atoms with Crippen molar-refractivity contribution in [3.8, 4) is 0 Å². The SMILES string of the molecule is Cc1nc2nc(SC(C)C(=O)N3CCc4ccccc43)nn2c(C)c1C. The van der Waals surface area contributed by atoms with Crippen LogP contribution in [0.1, 0.15) is 29.4 Å². The van der Waals surface area contributed by atoms with Crippen molar-refractivity contribution < 1.29 is 4.79 Å². The summed E-state index contributed by atoms with van der Waals surface area (Å²) in [6.07, 6.45) is 0.910. The van der Waals surface area contributed by atoms with Crippen LogP contribution in [0.4, 0.5) is 5.69 Å². The van der Waals surface area contributed by atoms with Crippen LogP contribution in [-0.4, -0.2) is 37.3 Å². The van der Waals surface area contributed by atoms with E-state index in [9.17, 15) is 4.79 Å². The normalized spacial score (nSPS) is 14.7. The van der Waals surface area contributed by atoms with Crippen LogP contribution in [-0.2, 0) is 11.2 Å². The number of anilines is 1. The van der Waals surface area contributed by atoms with Crippen molar-refractivity contribution in [3.63, 3.8) is 0 Å². The van der Waals surface area contributed by atoms with E-state index in [1.165, 1.54) is 17.3 Å². The summed E-state index contributed by atoms with van der Waals surface area (Å²) in [6.45, 7) is 8.66. The topological polar surface area (TPSA) is 63.4 Å². The van der Waals surface area contributed by atoms with Crippen molar-refractivity contribution >= 4 is 29.1 Å². The van der Waals surface area contributed by atoms with Crippen molar-refractivity contribution in [2.75, 3.05) is 11.4 Å². The molecule has 7 heteroatoms. The van der Waals surface area contributed by atoms with Crippen molar-refractivity contribution in [1.82, 2.24) is 19.6 Å². The smallest absolute Gasteiger partial charge is 0.253 e. The van der Waals surface area contributed by atoms with Crippen LogP contribution in [0, 0.1) is 20.8 Å². The minimum absolute atomic E-state index is 0.0934. The number of rotatable bonds is 3. The summed E-state index contributed by atoms with van der Waals surface area (Å²) in [7, 11) is 0. The maximum Gasteiger partial charge on any atom is 0.253 e.